The Bertz CT molecular complexity index is 1320. The Morgan fingerprint density at radius 1 is 0.919 bits per heavy atom. The number of aromatic nitrogens is 3. The standard InChI is InChI=1S/C29H29N5O3/c35-28(24-13-17-33(18-14-24)29(36)37-21-22-7-3-1-4-8-22)31-19-25-20-34(26-9-5-2-6-10-26)32-27(25)23-11-15-30-16-12-23/h1-12,15-16,20,24H,13-14,17-19,21H2,(H,31,35). The maximum Gasteiger partial charge on any atom is 0.410 e. The molecule has 188 valence electrons. The maximum atomic E-state index is 13.0. The van der Waals surface area contributed by atoms with Crippen LogP contribution in [0.2, 0.25) is 0 Å². The van der Waals surface area contributed by atoms with Gasteiger partial charge in [0.1, 0.15) is 6.61 Å². The number of likely N-dealkylation sites (tertiary alicyclic amines) is 1. The summed E-state index contributed by atoms with van der Waals surface area (Å²) < 4.78 is 7.27. The predicted molar refractivity (Wildman–Crippen MR) is 140 cm³/mol. The summed E-state index contributed by atoms with van der Waals surface area (Å²) in [5.41, 5.74) is 4.57. The van der Waals surface area contributed by atoms with E-state index < -0.39 is 0 Å². The van der Waals surface area contributed by atoms with E-state index in [1.165, 1.54) is 0 Å². The number of rotatable bonds is 7. The van der Waals surface area contributed by atoms with Crippen molar-refractivity contribution >= 4 is 12.0 Å². The first-order valence-corrected chi connectivity index (χ1v) is 12.4. The minimum atomic E-state index is -0.335. The highest BCUT2D eigenvalue weighted by atomic mass is 16.6. The van der Waals surface area contributed by atoms with Crippen molar-refractivity contribution < 1.29 is 14.3 Å². The third-order valence-corrected chi connectivity index (χ3v) is 6.55. The number of ether oxygens (including phenoxy) is 1. The van der Waals surface area contributed by atoms with Gasteiger partial charge in [-0.25, -0.2) is 9.48 Å². The highest BCUT2D eigenvalue weighted by Gasteiger charge is 2.28. The summed E-state index contributed by atoms with van der Waals surface area (Å²) in [7, 11) is 0. The van der Waals surface area contributed by atoms with Crippen molar-refractivity contribution in [1.29, 1.82) is 0 Å². The predicted octanol–water partition coefficient (Wildman–Crippen LogP) is 4.60. The molecule has 8 heteroatoms. The molecule has 1 fully saturated rings. The summed E-state index contributed by atoms with van der Waals surface area (Å²) in [6, 6.07) is 23.3. The number of amides is 2. The molecule has 4 aromatic rings. The van der Waals surface area contributed by atoms with Crippen LogP contribution in [0.25, 0.3) is 16.9 Å². The van der Waals surface area contributed by atoms with Crippen molar-refractivity contribution in [2.24, 2.45) is 5.92 Å². The zero-order chi connectivity index (χ0) is 25.5. The van der Waals surface area contributed by atoms with Gasteiger partial charge in [0.2, 0.25) is 5.91 Å². The lowest BCUT2D eigenvalue weighted by Gasteiger charge is -2.30. The van der Waals surface area contributed by atoms with Crippen LogP contribution in [-0.2, 0) is 22.7 Å². The number of hydrogen-bond acceptors (Lipinski definition) is 5. The van der Waals surface area contributed by atoms with Gasteiger partial charge in [-0.15, -0.1) is 0 Å². The Kier molecular flexibility index (Phi) is 7.55. The van der Waals surface area contributed by atoms with Crippen LogP contribution < -0.4 is 5.32 Å². The Balaban J connectivity index is 1.17. The van der Waals surface area contributed by atoms with E-state index in [-0.39, 0.29) is 24.5 Å². The topological polar surface area (TPSA) is 89.4 Å². The average Bonchev–Trinajstić information content (AvgIpc) is 3.40. The van der Waals surface area contributed by atoms with Gasteiger partial charge >= 0.3 is 6.09 Å². The number of nitrogens with zero attached hydrogens (tertiary/aromatic N) is 4. The van der Waals surface area contributed by atoms with E-state index in [0.29, 0.717) is 32.5 Å². The van der Waals surface area contributed by atoms with Crippen LogP contribution in [0.4, 0.5) is 4.79 Å². The van der Waals surface area contributed by atoms with Crippen LogP contribution in [0, 0.1) is 5.92 Å². The molecule has 0 spiro atoms. The number of benzene rings is 2. The Morgan fingerprint density at radius 3 is 2.30 bits per heavy atom. The fourth-order valence-corrected chi connectivity index (χ4v) is 4.47. The van der Waals surface area contributed by atoms with Crippen molar-refractivity contribution in [3.05, 3.63) is 103 Å². The number of pyridine rings is 1. The van der Waals surface area contributed by atoms with Crippen LogP contribution in [0.15, 0.2) is 91.4 Å². The lowest BCUT2D eigenvalue weighted by Crippen LogP contribution is -2.43. The molecule has 2 aromatic carbocycles. The third kappa shape index (κ3) is 6.03. The van der Waals surface area contributed by atoms with E-state index in [4.69, 9.17) is 9.84 Å². The summed E-state index contributed by atoms with van der Waals surface area (Å²) in [5.74, 6) is -0.155. The normalized spacial score (nSPS) is 13.8. The van der Waals surface area contributed by atoms with Crippen LogP contribution >= 0.6 is 0 Å². The first-order chi connectivity index (χ1) is 18.2. The Morgan fingerprint density at radius 2 is 1.59 bits per heavy atom. The number of carbonyl (C=O) groups is 2. The number of nitrogens with one attached hydrogen (secondary N) is 1. The molecule has 37 heavy (non-hydrogen) atoms. The van der Waals surface area contributed by atoms with Crippen LogP contribution in [0.3, 0.4) is 0 Å². The van der Waals surface area contributed by atoms with Gasteiger partial charge < -0.3 is 15.0 Å². The van der Waals surface area contributed by atoms with Gasteiger partial charge in [-0.2, -0.15) is 5.10 Å². The zero-order valence-corrected chi connectivity index (χ0v) is 20.5. The molecule has 0 saturated carbocycles. The highest BCUT2D eigenvalue weighted by Crippen LogP contribution is 2.24. The van der Waals surface area contributed by atoms with Crippen LogP contribution in [-0.4, -0.2) is 44.8 Å². The third-order valence-electron chi connectivity index (χ3n) is 6.55. The highest BCUT2D eigenvalue weighted by molar-refractivity contribution is 5.79. The lowest BCUT2D eigenvalue weighted by atomic mass is 9.96. The van der Waals surface area contributed by atoms with E-state index in [1.807, 2.05) is 83.7 Å². The molecule has 1 saturated heterocycles. The molecule has 0 unspecified atom stereocenters. The molecule has 0 aliphatic carbocycles. The van der Waals surface area contributed by atoms with E-state index in [9.17, 15) is 9.59 Å². The van der Waals surface area contributed by atoms with Gasteiger partial charge in [-0.05, 0) is 42.7 Å². The number of hydrogen-bond donors (Lipinski definition) is 1. The van der Waals surface area contributed by atoms with Gasteiger partial charge in [0.05, 0.1) is 11.4 Å². The second-order valence-electron chi connectivity index (χ2n) is 9.04. The molecule has 2 aromatic heterocycles. The van der Waals surface area contributed by atoms with Crippen LogP contribution in [0.5, 0.6) is 0 Å². The molecule has 1 aliphatic rings. The van der Waals surface area contributed by atoms with Gasteiger partial charge in [-0.3, -0.25) is 9.78 Å². The smallest absolute Gasteiger partial charge is 0.410 e. The fraction of sp³-hybridized carbons (Fsp3) is 0.241. The van der Waals surface area contributed by atoms with E-state index in [0.717, 1.165) is 28.1 Å². The maximum absolute atomic E-state index is 13.0. The van der Waals surface area contributed by atoms with Gasteiger partial charge in [0.15, 0.2) is 0 Å². The molecule has 3 heterocycles. The largest absolute Gasteiger partial charge is 0.445 e. The van der Waals surface area contributed by atoms with Gasteiger partial charge in [-0.1, -0.05) is 48.5 Å². The lowest BCUT2D eigenvalue weighted by molar-refractivity contribution is -0.126. The summed E-state index contributed by atoms with van der Waals surface area (Å²) >= 11 is 0. The summed E-state index contributed by atoms with van der Waals surface area (Å²) in [6.07, 6.45) is 6.30. The van der Waals surface area contributed by atoms with Crippen molar-refractivity contribution in [3.8, 4) is 16.9 Å². The first kappa shape index (κ1) is 24.2. The number of para-hydroxylation sites is 1. The molecule has 1 aliphatic heterocycles. The molecule has 5 rings (SSSR count). The van der Waals surface area contributed by atoms with Gasteiger partial charge in [0.25, 0.3) is 0 Å². The van der Waals surface area contributed by atoms with Crippen molar-refractivity contribution in [3.63, 3.8) is 0 Å². The van der Waals surface area contributed by atoms with E-state index >= 15 is 0 Å². The zero-order valence-electron chi connectivity index (χ0n) is 20.5. The average molecular weight is 496 g/mol. The molecule has 0 radical (unpaired) electrons. The fourth-order valence-electron chi connectivity index (χ4n) is 4.47. The molecule has 8 nitrogen and oxygen atoms in total. The molecule has 1 N–H and O–H groups in total. The van der Waals surface area contributed by atoms with E-state index in [1.54, 1.807) is 17.3 Å². The molecular formula is C29H29N5O3. The monoisotopic (exact) mass is 495 g/mol. The summed E-state index contributed by atoms with van der Waals surface area (Å²) in [5, 5.41) is 7.88. The number of carbonyl (C=O) groups excluding carboxylic acids is 2. The Labute approximate surface area is 215 Å². The van der Waals surface area contributed by atoms with Crippen LogP contribution in [0.1, 0.15) is 24.0 Å². The Hall–Kier alpha value is -4.46. The first-order valence-electron chi connectivity index (χ1n) is 12.4. The van der Waals surface area contributed by atoms with E-state index in [2.05, 4.69) is 10.3 Å². The molecule has 0 atom stereocenters. The van der Waals surface area contributed by atoms with Crippen molar-refractivity contribution in [2.45, 2.75) is 26.0 Å². The second kappa shape index (κ2) is 11.5. The minimum absolute atomic E-state index is 0.00885. The van der Waals surface area contributed by atoms with Gasteiger partial charge in [0, 0.05) is 55.3 Å². The molecule has 2 amide bonds. The molecule has 0 bridgehead atoms. The molecular weight excluding hydrogens is 466 g/mol. The SMILES string of the molecule is O=C(NCc1cn(-c2ccccc2)nc1-c1ccncc1)C1CCN(C(=O)OCc2ccccc2)CC1. The second-order valence-corrected chi connectivity index (χ2v) is 9.04. The minimum Gasteiger partial charge on any atom is -0.445 e. The number of piperidine rings is 1. The summed E-state index contributed by atoms with van der Waals surface area (Å²) in [6.45, 7) is 1.61. The summed E-state index contributed by atoms with van der Waals surface area (Å²) in [4.78, 5) is 31.2. The van der Waals surface area contributed by atoms with Crippen molar-refractivity contribution in [2.75, 3.05) is 13.1 Å². The van der Waals surface area contributed by atoms with Crippen molar-refractivity contribution in [1.82, 2.24) is 25.0 Å². The quantitative estimate of drug-likeness (QED) is 0.405.